The number of fused-ring (bicyclic) bond motifs is 1. The lowest BCUT2D eigenvalue weighted by atomic mass is 9.93. The minimum Gasteiger partial charge on any atom is -0.416 e. The van der Waals surface area contributed by atoms with Crippen molar-refractivity contribution in [1.82, 2.24) is 29.7 Å². The first kappa shape index (κ1) is 19.6. The molecule has 0 bridgehead atoms. The molecule has 0 saturated carbocycles. The molecule has 4 heterocycles. The largest absolute Gasteiger partial charge is 0.470 e. The van der Waals surface area contributed by atoms with E-state index in [4.69, 9.17) is 4.42 Å². The zero-order valence-electron chi connectivity index (χ0n) is 16.4. The molecule has 0 spiro atoms. The van der Waals surface area contributed by atoms with Crippen molar-refractivity contribution in [3.63, 3.8) is 0 Å². The molecule has 156 valence electrons. The van der Waals surface area contributed by atoms with Crippen molar-refractivity contribution in [2.75, 3.05) is 31.1 Å². The Kier molecular flexibility index (Phi) is 4.72. The summed E-state index contributed by atoms with van der Waals surface area (Å²) in [5.74, 6) is -0.496. The molecule has 0 aliphatic carbocycles. The highest BCUT2D eigenvalue weighted by molar-refractivity contribution is 5.47. The Morgan fingerprint density at radius 2 is 1.76 bits per heavy atom. The Morgan fingerprint density at radius 3 is 2.38 bits per heavy atom. The number of nitrogens with zero attached hydrogens (tertiary/aromatic N) is 7. The van der Waals surface area contributed by atoms with Gasteiger partial charge >= 0.3 is 12.1 Å². The average molecular weight is 409 g/mol. The van der Waals surface area contributed by atoms with Crippen LogP contribution in [0.4, 0.5) is 19.0 Å². The number of hydrogen-bond donors (Lipinski definition) is 0. The highest BCUT2D eigenvalue weighted by atomic mass is 19.4. The molecule has 0 unspecified atom stereocenters. The van der Waals surface area contributed by atoms with Crippen LogP contribution < -0.4 is 4.90 Å². The van der Waals surface area contributed by atoms with Gasteiger partial charge < -0.3 is 9.32 Å². The molecule has 1 aliphatic rings. The van der Waals surface area contributed by atoms with Gasteiger partial charge in [-0.05, 0) is 12.1 Å². The lowest BCUT2D eigenvalue weighted by molar-refractivity contribution is -0.157. The third kappa shape index (κ3) is 4.19. The van der Waals surface area contributed by atoms with Gasteiger partial charge in [-0.2, -0.15) is 13.2 Å². The minimum atomic E-state index is -4.62. The molecule has 29 heavy (non-hydrogen) atoms. The Labute approximate surface area is 165 Å². The fraction of sp³-hybridized carbons (Fsp3) is 0.556. The van der Waals surface area contributed by atoms with Crippen LogP contribution in [0.3, 0.4) is 0 Å². The van der Waals surface area contributed by atoms with Crippen molar-refractivity contribution in [1.29, 1.82) is 0 Å². The molecule has 1 aliphatic heterocycles. The van der Waals surface area contributed by atoms with Crippen LogP contribution >= 0.6 is 0 Å². The lowest BCUT2D eigenvalue weighted by Gasteiger charge is -2.34. The van der Waals surface area contributed by atoms with E-state index >= 15 is 0 Å². The summed E-state index contributed by atoms with van der Waals surface area (Å²) in [5.41, 5.74) is 1.72. The van der Waals surface area contributed by atoms with E-state index in [2.05, 4.69) is 46.0 Å². The molecule has 3 aromatic heterocycles. The van der Waals surface area contributed by atoms with Crippen LogP contribution in [0.2, 0.25) is 0 Å². The summed E-state index contributed by atoms with van der Waals surface area (Å²) < 4.78 is 44.2. The van der Waals surface area contributed by atoms with Crippen molar-refractivity contribution in [3.05, 3.63) is 35.8 Å². The van der Waals surface area contributed by atoms with Crippen LogP contribution in [0, 0.1) is 0 Å². The second kappa shape index (κ2) is 6.97. The van der Waals surface area contributed by atoms with E-state index in [0.29, 0.717) is 26.2 Å². The first-order valence-electron chi connectivity index (χ1n) is 9.33. The van der Waals surface area contributed by atoms with Gasteiger partial charge in [-0.25, -0.2) is 9.50 Å². The fourth-order valence-electron chi connectivity index (χ4n) is 3.16. The standard InChI is InChI=1S/C18H22F3N7O/c1-17(2,3)12-10-28-13(22-12)4-5-14(25-28)27-8-6-26(7-9-27)11-15-23-24-16(29-15)18(19,20)21/h4-5,10H,6-9,11H2,1-3H3. The topological polar surface area (TPSA) is 75.6 Å². The van der Waals surface area contributed by atoms with Crippen molar-refractivity contribution >= 4 is 11.5 Å². The van der Waals surface area contributed by atoms with Crippen molar-refractivity contribution in [2.45, 2.75) is 38.9 Å². The average Bonchev–Trinajstić information content (AvgIpc) is 3.28. The molecule has 0 amide bonds. The minimum absolute atomic E-state index is 0.0292. The summed E-state index contributed by atoms with van der Waals surface area (Å²) in [7, 11) is 0. The summed E-state index contributed by atoms with van der Waals surface area (Å²) in [4.78, 5) is 8.74. The van der Waals surface area contributed by atoms with Crippen LogP contribution in [0.5, 0.6) is 0 Å². The summed E-state index contributed by atoms with van der Waals surface area (Å²) in [6.07, 6.45) is -2.67. The Hall–Kier alpha value is -2.69. The lowest BCUT2D eigenvalue weighted by Crippen LogP contribution is -2.46. The fourth-order valence-corrected chi connectivity index (χ4v) is 3.16. The van der Waals surface area contributed by atoms with Crippen LogP contribution in [0.1, 0.15) is 38.2 Å². The second-order valence-corrected chi connectivity index (χ2v) is 8.13. The molecule has 8 nitrogen and oxygen atoms in total. The molecule has 11 heteroatoms. The van der Waals surface area contributed by atoms with Crippen LogP contribution in [0.15, 0.2) is 22.7 Å². The van der Waals surface area contributed by atoms with E-state index < -0.39 is 12.1 Å². The summed E-state index contributed by atoms with van der Waals surface area (Å²) >= 11 is 0. The summed E-state index contributed by atoms with van der Waals surface area (Å²) in [6.45, 7) is 9.21. The highest BCUT2D eigenvalue weighted by Crippen LogP contribution is 2.28. The maximum absolute atomic E-state index is 12.6. The normalized spacial score (nSPS) is 16.7. The Balaban J connectivity index is 1.39. The van der Waals surface area contributed by atoms with Gasteiger partial charge in [-0.15, -0.1) is 15.3 Å². The number of rotatable bonds is 3. The predicted octanol–water partition coefficient (Wildman–Crippen LogP) is 2.75. The molecule has 3 aromatic rings. The van der Waals surface area contributed by atoms with E-state index in [1.165, 1.54) is 0 Å². The van der Waals surface area contributed by atoms with Crippen LogP contribution in [-0.2, 0) is 18.1 Å². The number of halogens is 3. The van der Waals surface area contributed by atoms with Gasteiger partial charge in [0.2, 0.25) is 5.89 Å². The predicted molar refractivity (Wildman–Crippen MR) is 98.5 cm³/mol. The maximum Gasteiger partial charge on any atom is 0.470 e. The molecule has 0 N–H and O–H groups in total. The molecular formula is C18H22F3N7O. The van der Waals surface area contributed by atoms with Gasteiger partial charge in [-0.3, -0.25) is 4.90 Å². The molecule has 0 atom stereocenters. The van der Waals surface area contributed by atoms with Crippen LogP contribution in [0.25, 0.3) is 5.65 Å². The molecular weight excluding hydrogens is 387 g/mol. The van der Waals surface area contributed by atoms with Crippen molar-refractivity contribution in [3.8, 4) is 0 Å². The molecule has 0 aromatic carbocycles. The van der Waals surface area contributed by atoms with E-state index in [-0.39, 0.29) is 17.9 Å². The third-order valence-electron chi connectivity index (χ3n) is 4.84. The monoisotopic (exact) mass is 409 g/mol. The van der Waals surface area contributed by atoms with Gasteiger partial charge in [0, 0.05) is 31.6 Å². The first-order chi connectivity index (χ1) is 13.6. The van der Waals surface area contributed by atoms with E-state index in [1.54, 1.807) is 4.52 Å². The molecule has 4 rings (SSSR count). The van der Waals surface area contributed by atoms with Gasteiger partial charge in [0.05, 0.1) is 18.4 Å². The van der Waals surface area contributed by atoms with Crippen molar-refractivity contribution < 1.29 is 17.6 Å². The zero-order chi connectivity index (χ0) is 20.8. The third-order valence-corrected chi connectivity index (χ3v) is 4.84. The van der Waals surface area contributed by atoms with Crippen molar-refractivity contribution in [2.24, 2.45) is 0 Å². The van der Waals surface area contributed by atoms with E-state index in [9.17, 15) is 13.2 Å². The number of piperazine rings is 1. The highest BCUT2D eigenvalue weighted by Gasteiger charge is 2.38. The zero-order valence-corrected chi connectivity index (χ0v) is 16.4. The first-order valence-corrected chi connectivity index (χ1v) is 9.33. The maximum atomic E-state index is 12.6. The molecule has 0 radical (unpaired) electrons. The summed E-state index contributed by atoms with van der Waals surface area (Å²) in [6, 6.07) is 3.89. The van der Waals surface area contributed by atoms with Gasteiger partial charge in [-0.1, -0.05) is 20.8 Å². The number of anilines is 1. The molecule has 1 saturated heterocycles. The van der Waals surface area contributed by atoms with E-state index in [0.717, 1.165) is 17.2 Å². The van der Waals surface area contributed by atoms with Gasteiger partial charge in [0.1, 0.15) is 5.82 Å². The van der Waals surface area contributed by atoms with Gasteiger partial charge in [0.25, 0.3) is 0 Å². The molecule has 1 fully saturated rings. The smallest absolute Gasteiger partial charge is 0.416 e. The van der Waals surface area contributed by atoms with E-state index in [1.807, 2.05) is 23.2 Å². The number of hydrogen-bond acceptors (Lipinski definition) is 7. The Morgan fingerprint density at radius 1 is 1.03 bits per heavy atom. The summed E-state index contributed by atoms with van der Waals surface area (Å²) in [5, 5.41) is 11.2. The quantitative estimate of drug-likeness (QED) is 0.658. The van der Waals surface area contributed by atoms with Gasteiger partial charge in [0.15, 0.2) is 5.65 Å². The Bertz CT molecular complexity index is 997. The SMILES string of the molecule is CC(C)(C)c1cn2nc(N3CCN(Cc4nnc(C(F)(F)F)o4)CC3)ccc2n1. The van der Waals surface area contributed by atoms with Crippen LogP contribution in [-0.4, -0.2) is 55.9 Å². The second-order valence-electron chi connectivity index (χ2n) is 8.13. The number of alkyl halides is 3. The number of imidazole rings is 1. The number of aromatic nitrogens is 5.